The van der Waals surface area contributed by atoms with Crippen LogP contribution >= 0.6 is 39.9 Å². The summed E-state index contributed by atoms with van der Waals surface area (Å²) < 4.78 is 7.93. The van der Waals surface area contributed by atoms with Gasteiger partial charge in [-0.3, -0.25) is 9.47 Å². The summed E-state index contributed by atoms with van der Waals surface area (Å²) in [6.45, 7) is 3.86. The number of aryl methyl sites for hydroxylation is 2. The van der Waals surface area contributed by atoms with Gasteiger partial charge in [-0.1, -0.05) is 11.8 Å². The third kappa shape index (κ3) is 3.21. The lowest BCUT2D eigenvalue weighted by Gasteiger charge is -2.20. The highest BCUT2D eigenvalue weighted by Crippen LogP contribution is 2.38. The Kier molecular flexibility index (Phi) is 4.95. The summed E-state index contributed by atoms with van der Waals surface area (Å²) in [7, 11) is 1.47. The number of halogens is 1. The number of carbonyl (C=O) groups excluding carboxylic acids is 1. The quantitative estimate of drug-likeness (QED) is 0.576. The molecule has 0 bridgehead atoms. The van der Waals surface area contributed by atoms with Crippen molar-refractivity contribution in [1.29, 1.82) is 0 Å². The number of thioether (sulfide) groups is 1. The van der Waals surface area contributed by atoms with Gasteiger partial charge in [0.15, 0.2) is 15.8 Å². The van der Waals surface area contributed by atoms with E-state index in [0.29, 0.717) is 19.4 Å². The van der Waals surface area contributed by atoms with E-state index in [0.717, 1.165) is 17.0 Å². The van der Waals surface area contributed by atoms with Crippen LogP contribution in [0.25, 0.3) is 6.08 Å². The molecule has 1 amide bonds. The molecule has 1 saturated heterocycles. The van der Waals surface area contributed by atoms with Crippen molar-refractivity contribution in [3.05, 3.63) is 50.6 Å². The van der Waals surface area contributed by atoms with Crippen molar-refractivity contribution >= 4 is 56.2 Å². The lowest BCUT2D eigenvalue weighted by atomic mass is 10.2. The molecule has 2 heterocycles. The number of methoxy groups -OCH3 is 1. The van der Waals surface area contributed by atoms with Crippen LogP contribution in [0.5, 0.6) is 11.5 Å². The van der Waals surface area contributed by atoms with Crippen LogP contribution in [0, 0.1) is 13.8 Å². The maximum Gasteiger partial charge on any atom is 0.285 e. The fourth-order valence-electron chi connectivity index (χ4n) is 2.59. The molecule has 0 saturated carbocycles. The number of hydrogen-bond donors (Lipinski definition) is 1. The number of nitrogens with zero attached hydrogens (tertiary/aromatic N) is 2. The first kappa shape index (κ1) is 18.0. The topological polar surface area (TPSA) is 54.7 Å². The number of thiocarbonyl (C=S) groups is 1. The molecule has 1 aromatic carbocycles. The van der Waals surface area contributed by atoms with E-state index in [2.05, 4.69) is 15.9 Å². The minimum absolute atomic E-state index is 0.0192. The largest absolute Gasteiger partial charge is 0.503 e. The van der Waals surface area contributed by atoms with Crippen LogP contribution in [0.15, 0.2) is 33.6 Å². The van der Waals surface area contributed by atoms with Crippen LogP contribution in [0.4, 0.5) is 0 Å². The van der Waals surface area contributed by atoms with Gasteiger partial charge in [-0.25, -0.2) is 0 Å². The average Bonchev–Trinajstić information content (AvgIpc) is 3.02. The molecule has 8 heteroatoms. The molecule has 1 aliphatic rings. The molecule has 5 nitrogen and oxygen atoms in total. The molecule has 0 spiro atoms. The number of carbonyl (C=O) groups is 1. The number of rotatable bonds is 3. The average molecular weight is 439 g/mol. The highest BCUT2D eigenvalue weighted by Gasteiger charge is 2.34. The van der Waals surface area contributed by atoms with Crippen LogP contribution in [-0.4, -0.2) is 27.1 Å². The van der Waals surface area contributed by atoms with Crippen molar-refractivity contribution in [3.8, 4) is 11.5 Å². The van der Waals surface area contributed by atoms with Crippen LogP contribution in [0.1, 0.15) is 17.0 Å². The van der Waals surface area contributed by atoms with Gasteiger partial charge in [0.05, 0.1) is 16.5 Å². The molecule has 130 valence electrons. The Morgan fingerprint density at radius 1 is 1.28 bits per heavy atom. The van der Waals surface area contributed by atoms with E-state index in [-0.39, 0.29) is 11.7 Å². The van der Waals surface area contributed by atoms with Gasteiger partial charge in [0.1, 0.15) is 0 Å². The predicted octanol–water partition coefficient (Wildman–Crippen LogP) is 4.12. The van der Waals surface area contributed by atoms with Gasteiger partial charge in [-0.05, 0) is 77.9 Å². The molecule has 2 aromatic rings. The Balaban J connectivity index is 2.00. The molecule has 0 unspecified atom stereocenters. The third-order valence-electron chi connectivity index (χ3n) is 3.78. The third-order valence-corrected chi connectivity index (χ3v) is 5.66. The number of phenolic OH excluding ortho intramolecular Hbond substituents is 1. The number of phenols is 1. The number of aromatic hydroxyl groups is 1. The monoisotopic (exact) mass is 438 g/mol. The van der Waals surface area contributed by atoms with Crippen molar-refractivity contribution in [2.24, 2.45) is 0 Å². The van der Waals surface area contributed by atoms with Gasteiger partial charge >= 0.3 is 0 Å². The fourth-order valence-corrected chi connectivity index (χ4v) is 4.29. The van der Waals surface area contributed by atoms with Crippen LogP contribution < -0.4 is 9.75 Å². The van der Waals surface area contributed by atoms with Gasteiger partial charge in [0, 0.05) is 11.4 Å². The Labute approximate surface area is 163 Å². The first-order valence-electron chi connectivity index (χ1n) is 7.33. The molecular weight excluding hydrogens is 424 g/mol. The first-order valence-corrected chi connectivity index (χ1v) is 9.35. The van der Waals surface area contributed by atoms with Crippen molar-refractivity contribution in [2.75, 3.05) is 12.1 Å². The summed E-state index contributed by atoms with van der Waals surface area (Å²) in [6, 6.07) is 7.27. The Morgan fingerprint density at radius 2 is 1.92 bits per heavy atom. The molecule has 0 radical (unpaired) electrons. The van der Waals surface area contributed by atoms with Crippen LogP contribution in [-0.2, 0) is 4.79 Å². The maximum atomic E-state index is 12.9. The molecule has 1 aliphatic heterocycles. The summed E-state index contributed by atoms with van der Waals surface area (Å²) in [6.07, 6.45) is 1.74. The van der Waals surface area contributed by atoms with E-state index < -0.39 is 0 Å². The predicted molar refractivity (Wildman–Crippen MR) is 108 cm³/mol. The van der Waals surface area contributed by atoms with E-state index in [4.69, 9.17) is 17.0 Å². The molecule has 0 atom stereocenters. The number of ether oxygens (including phenoxy) is 1. The fraction of sp³-hybridized carbons (Fsp3) is 0.176. The zero-order chi connectivity index (χ0) is 18.3. The molecule has 3 rings (SSSR count). The Bertz CT molecular complexity index is 901. The lowest BCUT2D eigenvalue weighted by molar-refractivity contribution is -0.114. The normalized spacial score (nSPS) is 16.2. The summed E-state index contributed by atoms with van der Waals surface area (Å²) in [5, 5.41) is 11.4. The molecule has 1 N–H and O–H groups in total. The number of benzene rings is 1. The van der Waals surface area contributed by atoms with Gasteiger partial charge in [0.2, 0.25) is 0 Å². The van der Waals surface area contributed by atoms with Crippen LogP contribution in [0.3, 0.4) is 0 Å². The summed E-state index contributed by atoms with van der Waals surface area (Å²) in [5.41, 5.74) is 2.59. The van der Waals surface area contributed by atoms with Crippen molar-refractivity contribution in [3.63, 3.8) is 0 Å². The van der Waals surface area contributed by atoms with Gasteiger partial charge < -0.3 is 9.84 Å². The standard InChI is InChI=1S/C17H15BrN2O3S2/c1-9-4-5-10(2)19(9)20-16(22)14(25-17(20)24)8-11-6-12(18)15(21)13(7-11)23-3/h4-8,21H,1-3H3/b14-8+. The van der Waals surface area contributed by atoms with E-state index in [1.54, 1.807) is 18.2 Å². The van der Waals surface area contributed by atoms with Crippen molar-refractivity contribution in [1.82, 2.24) is 4.68 Å². The second-order valence-electron chi connectivity index (χ2n) is 5.48. The zero-order valence-corrected chi connectivity index (χ0v) is 17.0. The smallest absolute Gasteiger partial charge is 0.285 e. The second kappa shape index (κ2) is 6.86. The van der Waals surface area contributed by atoms with Crippen molar-refractivity contribution in [2.45, 2.75) is 13.8 Å². The van der Waals surface area contributed by atoms with Crippen molar-refractivity contribution < 1.29 is 14.6 Å². The molecule has 0 aliphatic carbocycles. The van der Waals surface area contributed by atoms with E-state index in [9.17, 15) is 9.90 Å². The first-order chi connectivity index (χ1) is 11.8. The minimum atomic E-state index is -0.180. The molecular formula is C17H15BrN2O3S2. The Morgan fingerprint density at radius 3 is 2.52 bits per heavy atom. The number of aromatic nitrogens is 1. The summed E-state index contributed by atoms with van der Waals surface area (Å²) >= 11 is 9.94. The number of hydrogen-bond acceptors (Lipinski definition) is 5. The van der Waals surface area contributed by atoms with E-state index in [1.807, 2.05) is 30.7 Å². The van der Waals surface area contributed by atoms with E-state index in [1.165, 1.54) is 23.9 Å². The minimum Gasteiger partial charge on any atom is -0.503 e. The molecule has 1 fully saturated rings. The van der Waals surface area contributed by atoms with Gasteiger partial charge in [-0.15, -0.1) is 0 Å². The summed E-state index contributed by atoms with van der Waals surface area (Å²) in [5.74, 6) is 0.166. The SMILES string of the molecule is COc1cc(/C=C2/SC(=S)N(n3c(C)ccc3C)C2=O)cc(Br)c1O. The highest BCUT2D eigenvalue weighted by atomic mass is 79.9. The molecule has 25 heavy (non-hydrogen) atoms. The zero-order valence-electron chi connectivity index (χ0n) is 13.7. The maximum absolute atomic E-state index is 12.9. The highest BCUT2D eigenvalue weighted by molar-refractivity contribution is 9.10. The van der Waals surface area contributed by atoms with Gasteiger partial charge in [-0.2, -0.15) is 5.01 Å². The van der Waals surface area contributed by atoms with Gasteiger partial charge in [0.25, 0.3) is 5.91 Å². The number of amides is 1. The Hall–Kier alpha value is -1.77. The second-order valence-corrected chi connectivity index (χ2v) is 8.01. The summed E-state index contributed by atoms with van der Waals surface area (Å²) in [4.78, 5) is 13.4. The lowest BCUT2D eigenvalue weighted by Crippen LogP contribution is -2.39. The van der Waals surface area contributed by atoms with E-state index >= 15 is 0 Å². The van der Waals surface area contributed by atoms with Crippen LogP contribution in [0.2, 0.25) is 0 Å². The molecule has 1 aromatic heterocycles.